The van der Waals surface area contributed by atoms with Crippen LogP contribution in [0.1, 0.15) is 20.3 Å². The summed E-state index contributed by atoms with van der Waals surface area (Å²) >= 11 is 9.28. The molecule has 0 aliphatic rings. The summed E-state index contributed by atoms with van der Waals surface area (Å²) < 4.78 is 0.844. The van der Waals surface area contributed by atoms with Gasteiger partial charge in [-0.1, -0.05) is 25.4 Å². The Morgan fingerprint density at radius 3 is 2.78 bits per heavy atom. The van der Waals surface area contributed by atoms with E-state index in [-0.39, 0.29) is 12.5 Å². The highest BCUT2D eigenvalue weighted by Crippen LogP contribution is 2.25. The van der Waals surface area contributed by atoms with E-state index in [1.54, 1.807) is 6.07 Å². The first kappa shape index (κ1) is 15.3. The molecule has 0 heterocycles. The van der Waals surface area contributed by atoms with Crippen molar-refractivity contribution < 1.29 is 4.79 Å². The quantitative estimate of drug-likeness (QED) is 0.834. The first-order valence-corrected chi connectivity index (χ1v) is 7.11. The average molecular weight is 334 g/mol. The van der Waals surface area contributed by atoms with E-state index in [4.69, 9.17) is 11.6 Å². The number of hydrogen-bond donors (Lipinski definition) is 2. The smallest absolute Gasteiger partial charge is 0.239 e. The lowest BCUT2D eigenvalue weighted by Gasteiger charge is -2.09. The number of benzene rings is 1. The van der Waals surface area contributed by atoms with Gasteiger partial charge in [-0.25, -0.2) is 0 Å². The minimum Gasteiger partial charge on any atom is -0.376 e. The van der Waals surface area contributed by atoms with Crippen LogP contribution in [0.25, 0.3) is 0 Å². The highest BCUT2D eigenvalue weighted by Gasteiger charge is 2.03. The molecule has 5 heteroatoms. The molecular formula is C13H18BrClN2O. The van der Waals surface area contributed by atoms with Crippen LogP contribution in [0.5, 0.6) is 0 Å². The zero-order valence-electron chi connectivity index (χ0n) is 10.6. The second kappa shape index (κ2) is 7.64. The lowest BCUT2D eigenvalue weighted by atomic mass is 10.1. The molecule has 1 rings (SSSR count). The molecule has 1 aromatic rings. The number of anilines is 1. The van der Waals surface area contributed by atoms with E-state index in [9.17, 15) is 4.79 Å². The van der Waals surface area contributed by atoms with Gasteiger partial charge in [-0.3, -0.25) is 4.79 Å². The molecule has 0 aliphatic carbocycles. The average Bonchev–Trinajstić information content (AvgIpc) is 2.30. The van der Waals surface area contributed by atoms with Gasteiger partial charge in [-0.05, 0) is 46.5 Å². The van der Waals surface area contributed by atoms with Crippen LogP contribution in [0, 0.1) is 5.92 Å². The molecule has 18 heavy (non-hydrogen) atoms. The number of carbonyl (C=O) groups excluding carboxylic acids is 1. The van der Waals surface area contributed by atoms with Gasteiger partial charge >= 0.3 is 0 Å². The SMILES string of the molecule is CC(C)CCNC(=O)CNc1ccc(Br)c(Cl)c1. The number of hydrogen-bond acceptors (Lipinski definition) is 2. The molecule has 0 aromatic heterocycles. The molecule has 0 bridgehead atoms. The maximum Gasteiger partial charge on any atom is 0.239 e. The van der Waals surface area contributed by atoms with Crippen molar-refractivity contribution in [1.82, 2.24) is 5.32 Å². The molecule has 0 fully saturated rings. The van der Waals surface area contributed by atoms with Crippen molar-refractivity contribution in [3.05, 3.63) is 27.7 Å². The van der Waals surface area contributed by atoms with Crippen LogP contribution in [0.15, 0.2) is 22.7 Å². The van der Waals surface area contributed by atoms with Crippen LogP contribution in [-0.2, 0) is 4.79 Å². The van der Waals surface area contributed by atoms with E-state index < -0.39 is 0 Å². The fourth-order valence-electron chi connectivity index (χ4n) is 1.35. The van der Waals surface area contributed by atoms with Gasteiger partial charge in [0.25, 0.3) is 0 Å². The molecule has 0 saturated carbocycles. The van der Waals surface area contributed by atoms with Gasteiger partial charge in [0, 0.05) is 16.7 Å². The van der Waals surface area contributed by atoms with E-state index in [2.05, 4.69) is 40.4 Å². The Hall–Kier alpha value is -0.740. The van der Waals surface area contributed by atoms with Gasteiger partial charge in [-0.2, -0.15) is 0 Å². The molecule has 0 aliphatic heterocycles. The summed E-state index contributed by atoms with van der Waals surface area (Å²) in [7, 11) is 0. The topological polar surface area (TPSA) is 41.1 Å². The molecule has 0 saturated heterocycles. The van der Waals surface area contributed by atoms with E-state index >= 15 is 0 Å². The fourth-order valence-corrected chi connectivity index (χ4v) is 1.78. The van der Waals surface area contributed by atoms with Crippen LogP contribution >= 0.6 is 27.5 Å². The molecule has 2 N–H and O–H groups in total. The van der Waals surface area contributed by atoms with Crippen LogP contribution in [0.3, 0.4) is 0 Å². The maximum absolute atomic E-state index is 11.5. The number of rotatable bonds is 6. The molecule has 1 amide bonds. The minimum atomic E-state index is -0.00492. The number of amides is 1. The summed E-state index contributed by atoms with van der Waals surface area (Å²) in [5.41, 5.74) is 0.835. The first-order valence-electron chi connectivity index (χ1n) is 5.94. The Bertz CT molecular complexity index is 410. The Kier molecular flexibility index (Phi) is 6.50. The minimum absolute atomic E-state index is 0.00492. The van der Waals surface area contributed by atoms with Crippen LogP contribution in [0.2, 0.25) is 5.02 Å². The molecule has 3 nitrogen and oxygen atoms in total. The molecule has 0 atom stereocenters. The summed E-state index contributed by atoms with van der Waals surface area (Å²) in [6.07, 6.45) is 0.996. The van der Waals surface area contributed by atoms with Crippen molar-refractivity contribution in [2.75, 3.05) is 18.4 Å². The summed E-state index contributed by atoms with van der Waals surface area (Å²) in [5, 5.41) is 6.53. The monoisotopic (exact) mass is 332 g/mol. The lowest BCUT2D eigenvalue weighted by molar-refractivity contribution is -0.119. The lowest BCUT2D eigenvalue weighted by Crippen LogP contribution is -2.31. The van der Waals surface area contributed by atoms with Gasteiger partial charge in [-0.15, -0.1) is 0 Å². The van der Waals surface area contributed by atoms with E-state index in [1.807, 2.05) is 12.1 Å². The highest BCUT2D eigenvalue weighted by molar-refractivity contribution is 9.10. The summed E-state index contributed by atoms with van der Waals surface area (Å²) in [6, 6.07) is 5.51. The third kappa shape index (κ3) is 5.74. The van der Waals surface area contributed by atoms with Crippen molar-refractivity contribution >= 4 is 39.1 Å². The third-order valence-corrected chi connectivity index (χ3v) is 3.65. The Morgan fingerprint density at radius 1 is 1.44 bits per heavy atom. The van der Waals surface area contributed by atoms with E-state index in [0.717, 1.165) is 23.1 Å². The summed E-state index contributed by atoms with van der Waals surface area (Å²) in [6.45, 7) is 5.25. The molecule has 100 valence electrons. The fraction of sp³-hybridized carbons (Fsp3) is 0.462. The number of nitrogens with one attached hydrogen (secondary N) is 2. The zero-order valence-corrected chi connectivity index (χ0v) is 12.9. The zero-order chi connectivity index (χ0) is 13.5. The van der Waals surface area contributed by atoms with Gasteiger partial charge < -0.3 is 10.6 Å². The molecule has 1 aromatic carbocycles. The molecule has 0 spiro atoms. The van der Waals surface area contributed by atoms with Gasteiger partial charge in [0.2, 0.25) is 5.91 Å². The number of carbonyl (C=O) groups is 1. The summed E-state index contributed by atoms with van der Waals surface area (Å²) in [4.78, 5) is 11.5. The number of halogens is 2. The van der Waals surface area contributed by atoms with E-state index in [1.165, 1.54) is 0 Å². The van der Waals surface area contributed by atoms with E-state index in [0.29, 0.717) is 10.9 Å². The van der Waals surface area contributed by atoms with Crippen molar-refractivity contribution in [1.29, 1.82) is 0 Å². The van der Waals surface area contributed by atoms with Crippen molar-refractivity contribution in [2.45, 2.75) is 20.3 Å². The predicted molar refractivity (Wildman–Crippen MR) is 80.1 cm³/mol. The van der Waals surface area contributed by atoms with Gasteiger partial charge in [0.1, 0.15) is 0 Å². The van der Waals surface area contributed by atoms with Crippen LogP contribution < -0.4 is 10.6 Å². The van der Waals surface area contributed by atoms with Crippen molar-refractivity contribution in [3.8, 4) is 0 Å². The van der Waals surface area contributed by atoms with Gasteiger partial charge in [0.05, 0.1) is 11.6 Å². The highest BCUT2D eigenvalue weighted by atomic mass is 79.9. The standard InChI is InChI=1S/C13H18BrClN2O/c1-9(2)5-6-16-13(18)8-17-10-3-4-11(14)12(15)7-10/h3-4,7,9,17H,5-6,8H2,1-2H3,(H,16,18). The van der Waals surface area contributed by atoms with Crippen LogP contribution in [0.4, 0.5) is 5.69 Å². The second-order valence-corrected chi connectivity index (χ2v) is 5.78. The predicted octanol–water partition coefficient (Wildman–Crippen LogP) is 3.68. The molecule has 0 unspecified atom stereocenters. The van der Waals surface area contributed by atoms with Crippen molar-refractivity contribution in [2.24, 2.45) is 5.92 Å². The summed E-state index contributed by atoms with van der Waals surface area (Å²) in [5.74, 6) is 0.596. The van der Waals surface area contributed by atoms with Gasteiger partial charge in [0.15, 0.2) is 0 Å². The Labute approximate surface area is 121 Å². The molecule has 0 radical (unpaired) electrons. The third-order valence-electron chi connectivity index (χ3n) is 2.42. The largest absolute Gasteiger partial charge is 0.376 e. The first-order chi connectivity index (χ1) is 8.49. The normalized spacial score (nSPS) is 10.5. The Morgan fingerprint density at radius 2 is 2.17 bits per heavy atom. The maximum atomic E-state index is 11.5. The second-order valence-electron chi connectivity index (χ2n) is 4.51. The molecular weight excluding hydrogens is 316 g/mol. The Balaban J connectivity index is 2.31. The van der Waals surface area contributed by atoms with Crippen LogP contribution in [-0.4, -0.2) is 19.0 Å². The van der Waals surface area contributed by atoms with Crippen molar-refractivity contribution in [3.63, 3.8) is 0 Å².